The van der Waals surface area contributed by atoms with Gasteiger partial charge in [0.2, 0.25) is 12.7 Å². The Bertz CT molecular complexity index is 1980. The van der Waals surface area contributed by atoms with Gasteiger partial charge in [0.15, 0.2) is 11.5 Å². The highest BCUT2D eigenvalue weighted by atomic mass is 32.2. The summed E-state index contributed by atoms with van der Waals surface area (Å²) in [7, 11) is -1.94. The molecule has 12 nitrogen and oxygen atoms in total. The maximum Gasteiger partial charge on any atom is 0.340 e. The van der Waals surface area contributed by atoms with Gasteiger partial charge in [-0.05, 0) is 99.3 Å². The van der Waals surface area contributed by atoms with E-state index in [1.54, 1.807) is 25.1 Å². The van der Waals surface area contributed by atoms with Crippen molar-refractivity contribution in [3.8, 4) is 23.0 Å². The molecule has 4 N–H and O–H groups in total. The molecule has 3 aromatic carbocycles. The number of aryl methyl sites for hydroxylation is 2. The highest BCUT2D eigenvalue weighted by Crippen LogP contribution is 2.34. The number of nitrogens with one attached hydrogen (secondary N) is 1. The predicted octanol–water partition coefficient (Wildman–Crippen LogP) is 5.31. The monoisotopic (exact) mass is 721 g/mol. The van der Waals surface area contributed by atoms with Crippen LogP contribution < -0.4 is 24.7 Å². The lowest BCUT2D eigenvalue weighted by Gasteiger charge is -2.44. The van der Waals surface area contributed by atoms with Gasteiger partial charge in [-0.3, -0.25) is 9.69 Å². The summed E-state index contributed by atoms with van der Waals surface area (Å²) in [5.41, 5.74) is 8.62. The normalized spacial score (nSPS) is 19.1. The van der Waals surface area contributed by atoms with Crippen LogP contribution in [0.15, 0.2) is 77.7 Å². The smallest absolute Gasteiger partial charge is 0.340 e. The zero-order valence-electron chi connectivity index (χ0n) is 28.1. The Morgan fingerprint density at radius 1 is 1.04 bits per heavy atom. The summed E-state index contributed by atoms with van der Waals surface area (Å²) in [5.74, 6) is 1.06. The topological polar surface area (TPSA) is 157 Å². The molecule has 1 fully saturated rings. The first-order valence-corrected chi connectivity index (χ1v) is 18.5. The molecule has 264 valence electrons. The number of nitrogens with two attached hydrogens (primary N) is 1. The Hall–Kier alpha value is -4.63. The first-order chi connectivity index (χ1) is 23.8. The molecule has 2 aliphatic rings. The zero-order chi connectivity index (χ0) is 35.6. The number of phenolic OH excluding ortho intramolecular Hbond substituents is 1. The summed E-state index contributed by atoms with van der Waals surface area (Å²) in [6, 6.07) is 17.7. The fourth-order valence-electron chi connectivity index (χ4n) is 6.64. The van der Waals surface area contributed by atoms with E-state index in [1.165, 1.54) is 52.6 Å². The molecular weight excluding hydrogens is 681 g/mol. The number of quaternary nitrogens is 1. The second kappa shape index (κ2) is 14.3. The van der Waals surface area contributed by atoms with E-state index in [-0.39, 0.29) is 29.6 Å². The second-order valence-corrected chi connectivity index (χ2v) is 16.1. The molecule has 0 spiro atoms. The average Bonchev–Trinajstić information content (AvgIpc) is 3.68. The number of nitrogens with zero attached hydrogens (tertiary/aromatic N) is 2. The van der Waals surface area contributed by atoms with Gasteiger partial charge in [-0.2, -0.15) is 8.42 Å². The lowest BCUT2D eigenvalue weighted by atomic mass is 9.98. The van der Waals surface area contributed by atoms with E-state index in [0.717, 1.165) is 29.0 Å². The van der Waals surface area contributed by atoms with Crippen molar-refractivity contribution >= 4 is 39.1 Å². The molecule has 4 aromatic rings. The van der Waals surface area contributed by atoms with Crippen molar-refractivity contribution in [1.29, 1.82) is 0 Å². The van der Waals surface area contributed by atoms with Crippen molar-refractivity contribution in [3.05, 3.63) is 93.7 Å². The lowest BCUT2D eigenvalue weighted by molar-refractivity contribution is -0.928. The van der Waals surface area contributed by atoms with Gasteiger partial charge in [0.1, 0.15) is 29.5 Å². The van der Waals surface area contributed by atoms with E-state index in [2.05, 4.69) is 12.4 Å². The average molecular weight is 722 g/mol. The number of hydrogen-bond donors (Lipinski definition) is 3. The third-order valence-corrected chi connectivity index (χ3v) is 11.5. The molecular formula is C36H41N4O8S2+. The number of phenols is 1. The summed E-state index contributed by atoms with van der Waals surface area (Å²) in [5, 5.41) is 12.5. The molecule has 14 heteroatoms. The summed E-state index contributed by atoms with van der Waals surface area (Å²) < 4.78 is 42.8. The Labute approximate surface area is 295 Å². The first-order valence-electron chi connectivity index (χ1n) is 16.3. The van der Waals surface area contributed by atoms with Crippen LogP contribution in [0, 0.1) is 13.8 Å². The summed E-state index contributed by atoms with van der Waals surface area (Å²) in [6.07, 6.45) is 1.55. The molecule has 6 rings (SSSR count). The molecule has 3 atom stereocenters. The van der Waals surface area contributed by atoms with E-state index < -0.39 is 34.1 Å². The number of likely N-dealkylation sites (tertiary alicyclic amines) is 1. The van der Waals surface area contributed by atoms with Gasteiger partial charge in [0, 0.05) is 21.0 Å². The van der Waals surface area contributed by atoms with Crippen LogP contribution in [0.2, 0.25) is 0 Å². The number of carbonyl (C=O) groups excluding carboxylic acids is 2. The largest absolute Gasteiger partial charge is 0.508 e. The molecule has 0 bridgehead atoms. The number of thiophene rings is 1. The van der Waals surface area contributed by atoms with Crippen molar-refractivity contribution in [2.75, 3.05) is 32.2 Å². The minimum atomic E-state index is -4.05. The second-order valence-electron chi connectivity index (χ2n) is 13.1. The number of urea groups is 1. The van der Waals surface area contributed by atoms with E-state index in [9.17, 15) is 23.1 Å². The van der Waals surface area contributed by atoms with E-state index in [1.807, 2.05) is 25.1 Å². The van der Waals surface area contributed by atoms with Gasteiger partial charge in [-0.25, -0.2) is 4.79 Å². The Balaban J connectivity index is 1.20. The number of ether oxygens (including phenoxy) is 2. The van der Waals surface area contributed by atoms with Crippen LogP contribution in [0.3, 0.4) is 0 Å². The van der Waals surface area contributed by atoms with Crippen molar-refractivity contribution in [2.45, 2.75) is 56.6 Å². The quantitative estimate of drug-likeness (QED) is 0.146. The predicted molar refractivity (Wildman–Crippen MR) is 189 cm³/mol. The molecule has 0 saturated carbocycles. The first kappa shape index (κ1) is 35.2. The molecule has 50 heavy (non-hydrogen) atoms. The minimum Gasteiger partial charge on any atom is -0.508 e. The van der Waals surface area contributed by atoms with E-state index in [4.69, 9.17) is 19.4 Å². The van der Waals surface area contributed by atoms with Crippen molar-refractivity contribution in [3.63, 3.8) is 0 Å². The number of aromatic hydroxyl groups is 1. The number of anilines is 1. The Morgan fingerprint density at radius 2 is 1.74 bits per heavy atom. The SMILES string of the molecule is Cc1cc(S(=O)(=O)Oc2ccc(NC(=O)N(C(=O)[C@@H](N)Cc3ccc(O)cc3)[C@H]3CCC[N+](C)(Cc4ccc5c(c4)OCO5)C3)cc2)c(C)s1. The Morgan fingerprint density at radius 3 is 2.44 bits per heavy atom. The minimum absolute atomic E-state index is 0.0824. The fourth-order valence-corrected chi connectivity index (χ4v) is 9.09. The van der Waals surface area contributed by atoms with Crippen LogP contribution in [0.5, 0.6) is 23.0 Å². The van der Waals surface area contributed by atoms with Crippen LogP contribution in [0.4, 0.5) is 10.5 Å². The standard InChI is InChI=1S/C36H40N4O8S2/c1-23-17-34(24(2)49-23)50(44,45)48-30-13-9-27(10-14-30)38-36(43)39(35(42)31(37)18-25-6-11-29(41)12-7-25)28-5-4-16-40(3,21-28)20-26-8-15-32-33(19-26)47-22-46-32/h6-15,17,19,28,31H,4-5,16,18,20-22,37H2,1-3H3,(H-,38,41,43)/p+1/t28-,31-,40?/m0/s1. The number of carbonyl (C=O) groups is 2. The summed E-state index contributed by atoms with van der Waals surface area (Å²) in [4.78, 5) is 31.0. The van der Waals surface area contributed by atoms with Crippen LogP contribution in [0.1, 0.15) is 33.7 Å². The number of hydrogen-bond acceptors (Lipinski definition) is 10. The third kappa shape index (κ3) is 8.05. The molecule has 1 aromatic heterocycles. The number of amides is 3. The van der Waals surface area contributed by atoms with Crippen LogP contribution >= 0.6 is 11.3 Å². The highest BCUT2D eigenvalue weighted by Gasteiger charge is 2.41. The molecule has 0 radical (unpaired) electrons. The van der Waals surface area contributed by atoms with Crippen molar-refractivity contribution in [1.82, 2.24) is 4.90 Å². The highest BCUT2D eigenvalue weighted by molar-refractivity contribution is 7.87. The van der Waals surface area contributed by atoms with E-state index in [0.29, 0.717) is 46.1 Å². The van der Waals surface area contributed by atoms with Gasteiger partial charge >= 0.3 is 16.1 Å². The molecule has 0 aliphatic carbocycles. The molecule has 3 heterocycles. The third-order valence-electron chi connectivity index (χ3n) is 8.99. The zero-order valence-corrected chi connectivity index (χ0v) is 29.8. The molecule has 3 amide bonds. The van der Waals surface area contributed by atoms with Crippen molar-refractivity contribution < 1.29 is 41.3 Å². The van der Waals surface area contributed by atoms with Gasteiger partial charge < -0.3 is 34.3 Å². The Kier molecular flexibility index (Phi) is 10.1. The van der Waals surface area contributed by atoms with Gasteiger partial charge in [-0.1, -0.05) is 12.1 Å². The molecule has 1 unspecified atom stereocenters. The lowest BCUT2D eigenvalue weighted by Crippen LogP contribution is -2.62. The number of piperidine rings is 1. The van der Waals surface area contributed by atoms with Crippen LogP contribution in [0.25, 0.3) is 0 Å². The number of benzene rings is 3. The van der Waals surface area contributed by atoms with Gasteiger partial charge in [0.05, 0.1) is 25.7 Å². The van der Waals surface area contributed by atoms with Crippen LogP contribution in [-0.2, 0) is 27.9 Å². The van der Waals surface area contributed by atoms with Gasteiger partial charge in [-0.15, -0.1) is 11.3 Å². The number of fused-ring (bicyclic) bond motifs is 1. The number of imide groups is 1. The summed E-state index contributed by atoms with van der Waals surface area (Å²) >= 11 is 1.37. The maximum atomic E-state index is 14.1. The number of rotatable bonds is 10. The van der Waals surface area contributed by atoms with Crippen molar-refractivity contribution in [2.24, 2.45) is 5.73 Å². The summed E-state index contributed by atoms with van der Waals surface area (Å²) in [6.45, 7) is 5.75. The van der Waals surface area contributed by atoms with E-state index >= 15 is 0 Å². The van der Waals surface area contributed by atoms with Gasteiger partial charge in [0.25, 0.3) is 0 Å². The fraction of sp³-hybridized carbons (Fsp3) is 0.333. The molecule has 2 aliphatic heterocycles. The molecule has 1 saturated heterocycles. The number of likely N-dealkylation sites (N-methyl/N-ethyl adjacent to an activating group) is 1. The maximum absolute atomic E-state index is 14.1. The van der Waals surface area contributed by atoms with Crippen LogP contribution in [-0.4, -0.2) is 73.9 Å².